The van der Waals surface area contributed by atoms with Crippen molar-refractivity contribution in [2.24, 2.45) is 4.99 Å². The van der Waals surface area contributed by atoms with Crippen molar-refractivity contribution in [2.75, 3.05) is 18.6 Å². The van der Waals surface area contributed by atoms with Crippen molar-refractivity contribution in [2.45, 2.75) is 64.3 Å². The van der Waals surface area contributed by atoms with E-state index in [1.165, 1.54) is 13.3 Å². The highest BCUT2D eigenvalue weighted by atomic mass is 32.1. The summed E-state index contributed by atoms with van der Waals surface area (Å²) < 4.78 is 12.6. The average Bonchev–Trinajstić information content (AvgIpc) is 3.66. The van der Waals surface area contributed by atoms with Crippen molar-refractivity contribution < 1.29 is 34.4 Å². The summed E-state index contributed by atoms with van der Waals surface area (Å²) in [4.78, 5) is 45.8. The molecule has 3 aromatic carbocycles. The molecule has 0 aliphatic carbocycles. The maximum atomic E-state index is 14.1. The highest BCUT2D eigenvalue weighted by Gasteiger charge is 2.42. The molecular weight excluding hydrogens is 658 g/mol. The van der Waals surface area contributed by atoms with E-state index in [1.807, 2.05) is 41.5 Å². The van der Waals surface area contributed by atoms with E-state index in [4.69, 9.17) is 9.47 Å². The largest absolute Gasteiger partial charge is 0.508 e. The summed E-state index contributed by atoms with van der Waals surface area (Å²) in [5, 5.41) is 30.7. The van der Waals surface area contributed by atoms with Crippen LogP contribution in [0.2, 0.25) is 0 Å². The van der Waals surface area contributed by atoms with Crippen molar-refractivity contribution in [3.63, 3.8) is 0 Å². The number of aromatic hydroxyl groups is 2. The van der Waals surface area contributed by atoms with Gasteiger partial charge in [0.05, 0.1) is 10.6 Å². The number of H-pyrrole nitrogens is 1. The van der Waals surface area contributed by atoms with E-state index >= 15 is 0 Å². The lowest BCUT2D eigenvalue weighted by Gasteiger charge is -2.30. The topological polar surface area (TPSA) is 162 Å². The van der Waals surface area contributed by atoms with Gasteiger partial charge in [0.1, 0.15) is 29.6 Å². The van der Waals surface area contributed by atoms with Crippen molar-refractivity contribution in [3.8, 4) is 28.9 Å². The summed E-state index contributed by atoms with van der Waals surface area (Å²) in [6, 6.07) is 15.2. The summed E-state index contributed by atoms with van der Waals surface area (Å²) in [6.07, 6.45) is 4.02. The van der Waals surface area contributed by atoms with Crippen LogP contribution in [0, 0.1) is 0 Å². The molecule has 50 heavy (non-hydrogen) atoms. The van der Waals surface area contributed by atoms with Crippen LogP contribution in [0.25, 0.3) is 0 Å². The van der Waals surface area contributed by atoms with Crippen molar-refractivity contribution in [3.05, 3.63) is 104 Å². The Kier molecular flexibility index (Phi) is 9.71. The van der Waals surface area contributed by atoms with Crippen LogP contribution in [0.3, 0.4) is 0 Å². The number of anilines is 1. The van der Waals surface area contributed by atoms with Crippen molar-refractivity contribution in [1.82, 2.24) is 4.98 Å². The second-order valence-electron chi connectivity index (χ2n) is 14.2. The zero-order valence-corrected chi connectivity index (χ0v) is 29.8. The second-order valence-corrected chi connectivity index (χ2v) is 15.3. The molecule has 1 unspecified atom stereocenters. The number of hydrogen-bond acceptors (Lipinski definition) is 9. The van der Waals surface area contributed by atoms with Crippen LogP contribution in [0.4, 0.5) is 10.5 Å². The number of aromatic amines is 1. The highest BCUT2D eigenvalue weighted by Crippen LogP contribution is 2.46. The molecule has 0 saturated carbocycles. The molecule has 1 aromatic heterocycles. The summed E-state index contributed by atoms with van der Waals surface area (Å²) >= 11 is 0.938. The molecule has 11 nitrogen and oxygen atoms in total. The molecule has 1 amide bonds. The molecule has 1 aliphatic heterocycles. The Labute approximate surface area is 294 Å². The first kappa shape index (κ1) is 35.9. The van der Waals surface area contributed by atoms with Gasteiger partial charge in [0, 0.05) is 42.4 Å². The van der Waals surface area contributed by atoms with Crippen molar-refractivity contribution >= 4 is 35.1 Å². The fourth-order valence-electron chi connectivity index (χ4n) is 5.67. The molecule has 12 heteroatoms. The monoisotopic (exact) mass is 699 g/mol. The quantitative estimate of drug-likeness (QED) is 0.133. The first-order valence-electron chi connectivity index (χ1n) is 15.9. The number of allylic oxidation sites excluding steroid dienone is 1. The van der Waals surface area contributed by atoms with Crippen LogP contribution < -0.4 is 19.2 Å². The number of carboxylic acid groups (broad SMARTS) is 1. The Bertz CT molecular complexity index is 2030. The zero-order chi connectivity index (χ0) is 36.6. The molecule has 262 valence electrons. The first-order valence-corrected chi connectivity index (χ1v) is 16.8. The van der Waals surface area contributed by atoms with Crippen LogP contribution in [0.1, 0.15) is 68.7 Å². The smallest absolute Gasteiger partial charge is 0.411 e. The summed E-state index contributed by atoms with van der Waals surface area (Å²) in [5.41, 5.74) is 0.476. The van der Waals surface area contributed by atoms with Gasteiger partial charge in [0.15, 0.2) is 5.54 Å². The minimum atomic E-state index is -1.54. The fraction of sp³-hybridized carbons (Fsp3) is 0.316. The van der Waals surface area contributed by atoms with E-state index in [2.05, 4.69) is 9.98 Å². The Morgan fingerprint density at radius 3 is 2.18 bits per heavy atom. The first-order chi connectivity index (χ1) is 23.4. The lowest BCUT2D eigenvalue weighted by Crippen LogP contribution is -2.35. The van der Waals surface area contributed by atoms with Gasteiger partial charge in [-0.15, -0.1) is 0 Å². The Morgan fingerprint density at radius 2 is 1.62 bits per heavy atom. The number of phenolic OH excluding ortho intramolecular Hbond substituents is 1. The van der Waals surface area contributed by atoms with E-state index in [1.54, 1.807) is 66.7 Å². The number of aromatic nitrogens is 1. The summed E-state index contributed by atoms with van der Waals surface area (Å²) in [7, 11) is 1.41. The molecule has 4 aromatic rings. The number of phenols is 1. The third-order valence-electron chi connectivity index (χ3n) is 8.47. The molecule has 1 atom stereocenters. The standard InChI is InChI=1S/C38H41N3O8S/c1-36(2,3)26-20-30(27(19-28(26)42)37(4,5)6)49-29-18-23(41(7)35(46)47)11-14-25(29)38(15-8-16-39-38)32(43)21-48-24-12-9-22(10-13-24)17-31-33(44)40-34(45)50-31/h8-16,18-20,42,44H,17,21H2,1-7H3,(H,40,45)(H,46,47). The van der Waals surface area contributed by atoms with E-state index in [0.29, 0.717) is 45.2 Å². The Hall–Kier alpha value is -5.36. The number of rotatable bonds is 10. The van der Waals surface area contributed by atoms with Gasteiger partial charge in [-0.25, -0.2) is 4.79 Å². The van der Waals surface area contributed by atoms with Gasteiger partial charge in [-0.2, -0.15) is 0 Å². The van der Waals surface area contributed by atoms with Crippen molar-refractivity contribution in [1.29, 1.82) is 0 Å². The molecule has 0 spiro atoms. The van der Waals surface area contributed by atoms with Crippen LogP contribution >= 0.6 is 11.3 Å². The number of Topliss-reactive ketones (excluding diaryl/α,β-unsaturated/α-hetero) is 1. The maximum absolute atomic E-state index is 14.1. The molecule has 0 radical (unpaired) electrons. The number of nitrogens with one attached hydrogen (secondary N) is 1. The molecular formula is C38H41N3O8S. The number of benzene rings is 3. The van der Waals surface area contributed by atoms with Crippen LogP contribution in [0.15, 0.2) is 76.5 Å². The number of thiazole rings is 1. The second kappa shape index (κ2) is 13.5. The van der Waals surface area contributed by atoms with E-state index < -0.39 is 28.2 Å². The SMILES string of the molecule is CN(C(=O)O)c1ccc(C2(C(=O)COc3ccc(Cc4sc(=O)[nH]c4O)cc3)C=CC=N2)c(Oc2cc(C(C)(C)C)c(O)cc2C(C)(C)C)c1. The number of ether oxygens (including phenoxy) is 2. The average molecular weight is 700 g/mol. The van der Waals surface area contributed by atoms with E-state index in [-0.39, 0.29) is 28.9 Å². The highest BCUT2D eigenvalue weighted by molar-refractivity contribution is 7.09. The third-order valence-corrected chi connectivity index (χ3v) is 9.34. The predicted molar refractivity (Wildman–Crippen MR) is 194 cm³/mol. The summed E-state index contributed by atoms with van der Waals surface area (Å²) in [5.74, 6) is 0.676. The van der Waals surface area contributed by atoms with Gasteiger partial charge in [0.2, 0.25) is 11.7 Å². The Morgan fingerprint density at radius 1 is 0.940 bits per heavy atom. The van der Waals surface area contributed by atoms with E-state index in [0.717, 1.165) is 21.8 Å². The molecule has 0 saturated heterocycles. The van der Waals surface area contributed by atoms with Gasteiger partial charge < -0.3 is 24.8 Å². The minimum Gasteiger partial charge on any atom is -0.508 e. The van der Waals surface area contributed by atoms with E-state index in [9.17, 15) is 29.7 Å². The number of amides is 1. The number of hydrogen-bond donors (Lipinski definition) is 4. The molecule has 0 bridgehead atoms. The predicted octanol–water partition coefficient (Wildman–Crippen LogP) is 7.42. The Balaban J connectivity index is 1.51. The molecule has 0 fully saturated rings. The van der Waals surface area contributed by atoms with Gasteiger partial charge in [-0.1, -0.05) is 65.0 Å². The lowest BCUT2D eigenvalue weighted by molar-refractivity contribution is -0.124. The third kappa shape index (κ3) is 7.45. The molecule has 4 N–H and O–H groups in total. The van der Waals surface area contributed by atoms with Gasteiger partial charge in [-0.05, 0) is 64.9 Å². The summed E-state index contributed by atoms with van der Waals surface area (Å²) in [6.45, 7) is 11.6. The molecule has 2 heterocycles. The molecule has 5 rings (SSSR count). The van der Waals surface area contributed by atoms with Crippen LogP contribution in [0.5, 0.6) is 28.9 Å². The van der Waals surface area contributed by atoms with Gasteiger partial charge in [-0.3, -0.25) is 24.5 Å². The number of carbonyl (C=O) groups excluding carboxylic acids is 1. The lowest BCUT2D eigenvalue weighted by atomic mass is 9.80. The number of nitrogens with zero attached hydrogens (tertiary/aromatic N) is 2. The fourth-order valence-corrected chi connectivity index (χ4v) is 6.43. The maximum Gasteiger partial charge on any atom is 0.411 e. The zero-order valence-electron chi connectivity index (χ0n) is 29.0. The normalized spacial score (nSPS) is 15.7. The minimum absolute atomic E-state index is 0.134. The number of carbonyl (C=O) groups is 2. The number of aliphatic imine (C=N–C) groups is 1. The number of ketones is 1. The van der Waals surface area contributed by atoms with Gasteiger partial charge >= 0.3 is 11.0 Å². The van der Waals surface area contributed by atoms with Gasteiger partial charge in [0.25, 0.3) is 0 Å². The van der Waals surface area contributed by atoms with Crippen LogP contribution in [-0.4, -0.2) is 52.0 Å². The molecule has 1 aliphatic rings. The van der Waals surface area contributed by atoms with Crippen LogP contribution in [-0.2, 0) is 27.6 Å².